The van der Waals surface area contributed by atoms with Gasteiger partial charge in [-0.2, -0.15) is 0 Å². The minimum atomic E-state index is -0.498. The molecule has 0 saturated heterocycles. The van der Waals surface area contributed by atoms with E-state index in [0.717, 1.165) is 10.9 Å². The van der Waals surface area contributed by atoms with E-state index in [-0.39, 0.29) is 17.7 Å². The summed E-state index contributed by atoms with van der Waals surface area (Å²) < 4.78 is 6.89. The van der Waals surface area contributed by atoms with Crippen molar-refractivity contribution in [3.05, 3.63) is 34.3 Å². The van der Waals surface area contributed by atoms with Crippen molar-refractivity contribution in [2.24, 2.45) is 5.73 Å². The molecule has 2 N–H and O–H groups in total. The van der Waals surface area contributed by atoms with Gasteiger partial charge in [0.15, 0.2) is 0 Å². The number of nitrogens with two attached hydrogens (primary N) is 1. The Labute approximate surface area is 130 Å². The van der Waals surface area contributed by atoms with Crippen molar-refractivity contribution >= 4 is 21.8 Å². The molecule has 1 amide bonds. The molecule has 0 aliphatic heterocycles. The van der Waals surface area contributed by atoms with E-state index in [1.165, 1.54) is 5.56 Å². The van der Waals surface area contributed by atoms with Crippen LogP contribution in [0.5, 0.6) is 0 Å². The van der Waals surface area contributed by atoms with E-state index < -0.39 is 5.60 Å². The van der Waals surface area contributed by atoms with Crippen LogP contribution in [0.25, 0.3) is 0 Å². The molecule has 0 aliphatic rings. The number of carbonyl (C=O) groups is 1. The molecule has 0 saturated carbocycles. The van der Waals surface area contributed by atoms with Gasteiger partial charge < -0.3 is 10.5 Å². The monoisotopic (exact) mass is 341 g/mol. The van der Waals surface area contributed by atoms with Gasteiger partial charge in [-0.15, -0.1) is 0 Å². The fourth-order valence-electron chi connectivity index (χ4n) is 2.10. The van der Waals surface area contributed by atoms with Crippen LogP contribution in [0, 0.1) is 0 Å². The van der Waals surface area contributed by atoms with Crippen molar-refractivity contribution in [2.45, 2.75) is 51.6 Å². The molecule has 0 aromatic heterocycles. The maximum atomic E-state index is 11.0. The van der Waals surface area contributed by atoms with Crippen molar-refractivity contribution in [3.63, 3.8) is 0 Å². The van der Waals surface area contributed by atoms with Gasteiger partial charge in [0, 0.05) is 11.1 Å². The highest BCUT2D eigenvalue weighted by molar-refractivity contribution is 9.10. The van der Waals surface area contributed by atoms with Gasteiger partial charge in [0.25, 0.3) is 0 Å². The first-order valence-corrected chi connectivity index (χ1v) is 7.60. The maximum Gasteiger partial charge on any atom is 0.220 e. The number of rotatable bonds is 7. The van der Waals surface area contributed by atoms with Gasteiger partial charge >= 0.3 is 0 Å². The van der Waals surface area contributed by atoms with E-state index in [1.807, 2.05) is 13.8 Å². The molecule has 112 valence electrons. The van der Waals surface area contributed by atoms with Crippen molar-refractivity contribution < 1.29 is 9.53 Å². The average molecular weight is 342 g/mol. The smallest absolute Gasteiger partial charge is 0.220 e. The Morgan fingerprint density at radius 1 is 1.20 bits per heavy atom. The zero-order chi connectivity index (χ0) is 15.4. The highest BCUT2D eigenvalue weighted by atomic mass is 79.9. The van der Waals surface area contributed by atoms with Crippen LogP contribution in [0.15, 0.2) is 28.7 Å². The van der Waals surface area contributed by atoms with E-state index in [4.69, 9.17) is 10.5 Å². The summed E-state index contributed by atoms with van der Waals surface area (Å²) >= 11 is 3.45. The molecule has 0 atom stereocenters. The quantitative estimate of drug-likeness (QED) is 0.820. The summed E-state index contributed by atoms with van der Waals surface area (Å²) in [5, 5.41) is 0. The van der Waals surface area contributed by atoms with Gasteiger partial charge in [-0.1, -0.05) is 41.9 Å². The molecule has 0 unspecified atom stereocenters. The van der Waals surface area contributed by atoms with Gasteiger partial charge in [0.05, 0.1) is 12.0 Å². The molecule has 1 aromatic carbocycles. The Balaban J connectivity index is 2.55. The van der Waals surface area contributed by atoms with Crippen molar-refractivity contribution in [1.29, 1.82) is 0 Å². The highest BCUT2D eigenvalue weighted by Crippen LogP contribution is 2.29. The number of hydrogen-bond acceptors (Lipinski definition) is 2. The summed E-state index contributed by atoms with van der Waals surface area (Å²) in [5.41, 5.74) is 6.03. The average Bonchev–Trinajstić information content (AvgIpc) is 2.26. The Kier molecular flexibility index (Phi) is 5.78. The summed E-state index contributed by atoms with van der Waals surface area (Å²) in [6.45, 7) is 8.78. The van der Waals surface area contributed by atoms with Gasteiger partial charge in [-0.05, 0) is 43.4 Å². The van der Waals surface area contributed by atoms with Gasteiger partial charge in [-0.25, -0.2) is 0 Å². The minimum absolute atomic E-state index is 0.0313. The van der Waals surface area contributed by atoms with Crippen molar-refractivity contribution in [2.75, 3.05) is 6.61 Å². The maximum absolute atomic E-state index is 11.0. The summed E-state index contributed by atoms with van der Waals surface area (Å²) in [5.74, 6) is -0.331. The number of carbonyl (C=O) groups excluding carboxylic acids is 1. The standard InChI is InChI=1S/C16H24BrNO2/c1-15(2,12-5-7-13(17)8-6-12)9-10-20-16(3,4)11-14(18)19/h5-8H,9-11H2,1-4H3,(H2,18,19). The van der Waals surface area contributed by atoms with Crippen LogP contribution < -0.4 is 5.73 Å². The topological polar surface area (TPSA) is 52.3 Å². The zero-order valence-corrected chi connectivity index (χ0v) is 14.3. The molecule has 0 aliphatic carbocycles. The van der Waals surface area contributed by atoms with Crippen LogP contribution in [-0.4, -0.2) is 18.1 Å². The summed E-state index contributed by atoms with van der Waals surface area (Å²) in [7, 11) is 0. The molecule has 0 spiro atoms. The van der Waals surface area contributed by atoms with E-state index in [1.54, 1.807) is 0 Å². The normalized spacial score (nSPS) is 12.4. The van der Waals surface area contributed by atoms with Crippen molar-refractivity contribution in [1.82, 2.24) is 0 Å². The predicted molar refractivity (Wildman–Crippen MR) is 85.6 cm³/mol. The second-order valence-corrected chi connectivity index (χ2v) is 7.31. The fourth-order valence-corrected chi connectivity index (χ4v) is 2.36. The third-order valence-electron chi connectivity index (χ3n) is 3.45. The van der Waals surface area contributed by atoms with Gasteiger partial charge in [0.2, 0.25) is 5.91 Å². The van der Waals surface area contributed by atoms with E-state index >= 15 is 0 Å². The highest BCUT2D eigenvalue weighted by Gasteiger charge is 2.25. The first-order valence-electron chi connectivity index (χ1n) is 6.81. The molecular weight excluding hydrogens is 318 g/mol. The van der Waals surface area contributed by atoms with E-state index in [2.05, 4.69) is 54.0 Å². The minimum Gasteiger partial charge on any atom is -0.375 e. The molecule has 1 rings (SSSR count). The molecule has 0 bridgehead atoms. The number of amides is 1. The number of primary amides is 1. The molecule has 0 radical (unpaired) electrons. The van der Waals surface area contributed by atoms with E-state index in [0.29, 0.717) is 6.61 Å². The number of benzene rings is 1. The summed E-state index contributed by atoms with van der Waals surface area (Å²) in [6, 6.07) is 8.35. The van der Waals surface area contributed by atoms with Crippen LogP contribution in [0.3, 0.4) is 0 Å². The molecule has 20 heavy (non-hydrogen) atoms. The molecule has 4 heteroatoms. The summed E-state index contributed by atoms with van der Waals surface area (Å²) in [4.78, 5) is 11.0. The number of hydrogen-bond donors (Lipinski definition) is 1. The Hall–Kier alpha value is -0.870. The number of halogens is 1. The van der Waals surface area contributed by atoms with Crippen LogP contribution in [-0.2, 0) is 14.9 Å². The van der Waals surface area contributed by atoms with Crippen LogP contribution >= 0.6 is 15.9 Å². The summed E-state index contributed by atoms with van der Waals surface area (Å²) in [6.07, 6.45) is 1.13. The van der Waals surface area contributed by atoms with Gasteiger partial charge in [0.1, 0.15) is 0 Å². The molecule has 1 aromatic rings. The van der Waals surface area contributed by atoms with E-state index in [9.17, 15) is 4.79 Å². The second-order valence-electron chi connectivity index (χ2n) is 6.39. The first-order chi connectivity index (χ1) is 9.12. The Morgan fingerprint density at radius 2 is 1.75 bits per heavy atom. The Bertz CT molecular complexity index is 452. The molecule has 0 heterocycles. The number of ether oxygens (including phenoxy) is 1. The third kappa shape index (κ3) is 5.63. The lowest BCUT2D eigenvalue weighted by Crippen LogP contribution is -2.32. The molecule has 0 fully saturated rings. The largest absolute Gasteiger partial charge is 0.375 e. The third-order valence-corrected chi connectivity index (χ3v) is 3.97. The Morgan fingerprint density at radius 3 is 2.25 bits per heavy atom. The molecule has 3 nitrogen and oxygen atoms in total. The second kappa shape index (κ2) is 6.72. The molecular formula is C16H24BrNO2. The van der Waals surface area contributed by atoms with Crippen LogP contribution in [0.1, 0.15) is 46.1 Å². The fraction of sp³-hybridized carbons (Fsp3) is 0.562. The van der Waals surface area contributed by atoms with Crippen LogP contribution in [0.4, 0.5) is 0 Å². The van der Waals surface area contributed by atoms with Crippen LogP contribution in [0.2, 0.25) is 0 Å². The van der Waals surface area contributed by atoms with Gasteiger partial charge in [-0.3, -0.25) is 4.79 Å². The lowest BCUT2D eigenvalue weighted by atomic mass is 9.82. The zero-order valence-electron chi connectivity index (χ0n) is 12.7. The first kappa shape index (κ1) is 17.2. The van der Waals surface area contributed by atoms with Crippen molar-refractivity contribution in [3.8, 4) is 0 Å². The lowest BCUT2D eigenvalue weighted by Gasteiger charge is -2.29. The SMILES string of the molecule is CC(C)(CC(N)=O)OCCC(C)(C)c1ccc(Br)cc1. The predicted octanol–water partition coefficient (Wildman–Crippen LogP) is 3.79. The lowest BCUT2D eigenvalue weighted by molar-refractivity contribution is -0.124.